The standard InChI is InChI=1S/C14H19ClN2O2S/c1-10-8-11(15)2-5-14(10)20(18,19)17-12-3-4-13(17)9-16-7-6-12/h2,5,8,12-13,16H,3-4,6-7,9H2,1H3. The van der Waals surface area contributed by atoms with Gasteiger partial charge in [0.25, 0.3) is 0 Å². The van der Waals surface area contributed by atoms with Crippen molar-refractivity contribution >= 4 is 21.6 Å². The van der Waals surface area contributed by atoms with Gasteiger partial charge < -0.3 is 5.32 Å². The van der Waals surface area contributed by atoms with E-state index in [1.807, 2.05) is 0 Å². The maximum atomic E-state index is 13.0. The van der Waals surface area contributed by atoms with Gasteiger partial charge >= 0.3 is 0 Å². The SMILES string of the molecule is Cc1cc(Cl)ccc1S(=O)(=O)N1C2CCNCC1CC2. The molecule has 2 bridgehead atoms. The Balaban J connectivity index is 2.03. The van der Waals surface area contributed by atoms with Crippen LogP contribution in [0.5, 0.6) is 0 Å². The lowest BCUT2D eigenvalue weighted by atomic mass is 10.1. The second-order valence-electron chi connectivity index (χ2n) is 5.62. The van der Waals surface area contributed by atoms with Gasteiger partial charge in [0, 0.05) is 23.7 Å². The van der Waals surface area contributed by atoms with Gasteiger partial charge in [-0.25, -0.2) is 8.42 Å². The van der Waals surface area contributed by atoms with E-state index in [1.165, 1.54) is 0 Å². The van der Waals surface area contributed by atoms with Crippen molar-refractivity contribution in [1.29, 1.82) is 0 Å². The zero-order valence-corrected chi connectivity index (χ0v) is 13.0. The lowest BCUT2D eigenvalue weighted by Crippen LogP contribution is -2.42. The number of aryl methyl sites for hydroxylation is 1. The Labute approximate surface area is 125 Å². The van der Waals surface area contributed by atoms with Crippen LogP contribution in [0.25, 0.3) is 0 Å². The lowest BCUT2D eigenvalue weighted by molar-refractivity contribution is 0.334. The molecule has 2 unspecified atom stereocenters. The molecule has 0 radical (unpaired) electrons. The van der Waals surface area contributed by atoms with Gasteiger partial charge in [0.1, 0.15) is 0 Å². The van der Waals surface area contributed by atoms with Crippen LogP contribution in [0.15, 0.2) is 23.1 Å². The molecule has 2 atom stereocenters. The van der Waals surface area contributed by atoms with E-state index in [0.717, 1.165) is 32.4 Å². The minimum atomic E-state index is -3.43. The van der Waals surface area contributed by atoms with Crippen LogP contribution >= 0.6 is 11.6 Å². The van der Waals surface area contributed by atoms with Crippen LogP contribution < -0.4 is 5.32 Å². The fourth-order valence-electron chi connectivity index (χ4n) is 3.35. The molecule has 0 saturated carbocycles. The molecule has 0 aliphatic carbocycles. The summed E-state index contributed by atoms with van der Waals surface area (Å²) in [7, 11) is -3.43. The molecule has 2 aliphatic rings. The number of benzene rings is 1. The van der Waals surface area contributed by atoms with Gasteiger partial charge in [-0.3, -0.25) is 0 Å². The molecule has 1 aromatic rings. The molecule has 6 heteroatoms. The van der Waals surface area contributed by atoms with Crippen LogP contribution in [0.4, 0.5) is 0 Å². The summed E-state index contributed by atoms with van der Waals surface area (Å²) in [6.45, 7) is 3.45. The molecule has 2 aliphatic heterocycles. The van der Waals surface area contributed by atoms with E-state index in [-0.39, 0.29) is 12.1 Å². The van der Waals surface area contributed by atoms with E-state index >= 15 is 0 Å². The third-order valence-corrected chi connectivity index (χ3v) is 6.68. The van der Waals surface area contributed by atoms with Gasteiger partial charge in [0.15, 0.2) is 0 Å². The monoisotopic (exact) mass is 314 g/mol. The van der Waals surface area contributed by atoms with Gasteiger partial charge in [0.2, 0.25) is 10.0 Å². The van der Waals surface area contributed by atoms with Crippen LogP contribution in [0, 0.1) is 6.92 Å². The van der Waals surface area contributed by atoms with Crippen LogP contribution in [0.2, 0.25) is 5.02 Å². The van der Waals surface area contributed by atoms with E-state index in [2.05, 4.69) is 5.32 Å². The number of nitrogens with zero attached hydrogens (tertiary/aromatic N) is 1. The maximum absolute atomic E-state index is 13.0. The van der Waals surface area contributed by atoms with E-state index in [4.69, 9.17) is 11.6 Å². The third-order valence-electron chi connectivity index (χ3n) is 4.28. The highest BCUT2D eigenvalue weighted by molar-refractivity contribution is 7.89. The van der Waals surface area contributed by atoms with Crippen LogP contribution in [-0.2, 0) is 10.0 Å². The number of hydrogen-bond acceptors (Lipinski definition) is 3. The van der Waals surface area contributed by atoms with Crippen molar-refractivity contribution in [3.05, 3.63) is 28.8 Å². The topological polar surface area (TPSA) is 49.4 Å². The number of hydrogen-bond donors (Lipinski definition) is 1. The van der Waals surface area contributed by atoms with Crippen molar-refractivity contribution in [2.45, 2.75) is 43.2 Å². The van der Waals surface area contributed by atoms with Gasteiger partial charge in [-0.1, -0.05) is 11.6 Å². The van der Waals surface area contributed by atoms with Gasteiger partial charge in [-0.05, 0) is 56.5 Å². The summed E-state index contributed by atoms with van der Waals surface area (Å²) in [5.74, 6) is 0. The molecule has 3 rings (SSSR count). The van der Waals surface area contributed by atoms with Gasteiger partial charge in [0.05, 0.1) is 4.90 Å². The first-order chi connectivity index (χ1) is 9.50. The Morgan fingerprint density at radius 2 is 2.00 bits per heavy atom. The fourth-order valence-corrected chi connectivity index (χ4v) is 5.68. The average molecular weight is 315 g/mol. The zero-order valence-electron chi connectivity index (χ0n) is 11.5. The van der Waals surface area contributed by atoms with Crippen molar-refractivity contribution in [1.82, 2.24) is 9.62 Å². The Morgan fingerprint density at radius 3 is 2.75 bits per heavy atom. The van der Waals surface area contributed by atoms with Crippen molar-refractivity contribution in [2.75, 3.05) is 13.1 Å². The summed E-state index contributed by atoms with van der Waals surface area (Å²) in [6.07, 6.45) is 2.81. The third kappa shape index (κ3) is 2.37. The second-order valence-corrected chi connectivity index (χ2v) is 7.87. The Bertz CT molecular complexity index is 604. The molecule has 0 amide bonds. The fraction of sp³-hybridized carbons (Fsp3) is 0.571. The predicted octanol–water partition coefficient (Wildman–Crippen LogP) is 2.16. The molecule has 1 N–H and O–H groups in total. The summed E-state index contributed by atoms with van der Waals surface area (Å²) < 4.78 is 27.7. The largest absolute Gasteiger partial charge is 0.315 e. The number of halogens is 1. The highest BCUT2D eigenvalue weighted by atomic mass is 35.5. The Kier molecular flexibility index (Phi) is 3.79. The minimum Gasteiger partial charge on any atom is -0.315 e. The molecule has 4 nitrogen and oxygen atoms in total. The summed E-state index contributed by atoms with van der Waals surface area (Å²) in [5, 5.41) is 3.90. The summed E-state index contributed by atoms with van der Waals surface area (Å²) in [4.78, 5) is 0.390. The molecule has 2 fully saturated rings. The number of fused-ring (bicyclic) bond motifs is 2. The molecular weight excluding hydrogens is 296 g/mol. The molecule has 110 valence electrons. The average Bonchev–Trinajstić information content (AvgIpc) is 2.63. The summed E-state index contributed by atoms with van der Waals surface area (Å²) in [6, 6.07) is 5.22. The molecular formula is C14H19ClN2O2S. The normalized spacial score (nSPS) is 27.5. The number of rotatable bonds is 2. The highest BCUT2D eigenvalue weighted by Gasteiger charge is 2.43. The molecule has 2 heterocycles. The summed E-state index contributed by atoms with van der Waals surface area (Å²) in [5.41, 5.74) is 0.717. The maximum Gasteiger partial charge on any atom is 0.243 e. The quantitative estimate of drug-likeness (QED) is 0.910. The number of nitrogens with one attached hydrogen (secondary N) is 1. The molecule has 1 aromatic carbocycles. The minimum absolute atomic E-state index is 0.0857. The highest BCUT2D eigenvalue weighted by Crippen LogP contribution is 2.35. The molecule has 0 aromatic heterocycles. The van der Waals surface area contributed by atoms with Crippen LogP contribution in [-0.4, -0.2) is 37.9 Å². The van der Waals surface area contributed by atoms with Crippen molar-refractivity contribution in [3.63, 3.8) is 0 Å². The molecule has 2 saturated heterocycles. The zero-order chi connectivity index (χ0) is 14.3. The summed E-state index contributed by atoms with van der Waals surface area (Å²) >= 11 is 5.93. The van der Waals surface area contributed by atoms with Crippen molar-refractivity contribution < 1.29 is 8.42 Å². The second kappa shape index (κ2) is 5.30. The Morgan fingerprint density at radius 1 is 1.25 bits per heavy atom. The first-order valence-electron chi connectivity index (χ1n) is 7.00. The molecule has 0 spiro atoms. The molecule has 20 heavy (non-hydrogen) atoms. The Hall–Kier alpha value is -0.620. The van der Waals surface area contributed by atoms with Crippen LogP contribution in [0.3, 0.4) is 0 Å². The van der Waals surface area contributed by atoms with Crippen LogP contribution in [0.1, 0.15) is 24.8 Å². The van der Waals surface area contributed by atoms with E-state index < -0.39 is 10.0 Å². The van der Waals surface area contributed by atoms with Crippen molar-refractivity contribution in [3.8, 4) is 0 Å². The van der Waals surface area contributed by atoms with Gasteiger partial charge in [-0.15, -0.1) is 0 Å². The van der Waals surface area contributed by atoms with E-state index in [0.29, 0.717) is 15.5 Å². The predicted molar refractivity (Wildman–Crippen MR) is 79.5 cm³/mol. The first kappa shape index (κ1) is 14.3. The lowest BCUT2D eigenvalue weighted by Gasteiger charge is -2.27. The van der Waals surface area contributed by atoms with Gasteiger partial charge in [-0.2, -0.15) is 4.31 Å². The smallest absolute Gasteiger partial charge is 0.243 e. The van der Waals surface area contributed by atoms with Crippen molar-refractivity contribution in [2.24, 2.45) is 0 Å². The number of sulfonamides is 1. The first-order valence-corrected chi connectivity index (χ1v) is 8.82. The van der Waals surface area contributed by atoms with E-state index in [9.17, 15) is 8.42 Å². The van der Waals surface area contributed by atoms with E-state index in [1.54, 1.807) is 29.4 Å².